The number of pyridine rings is 1. The van der Waals surface area contributed by atoms with E-state index in [4.69, 9.17) is 4.74 Å². The number of nitrogens with one attached hydrogen (secondary N) is 2. The highest BCUT2D eigenvalue weighted by Gasteiger charge is 2.36. The number of fused-ring (bicyclic) bond motifs is 1. The van der Waals surface area contributed by atoms with Gasteiger partial charge in [-0.3, -0.25) is 9.48 Å². The van der Waals surface area contributed by atoms with E-state index in [1.165, 1.54) is 12.1 Å². The van der Waals surface area contributed by atoms with Crippen LogP contribution in [0.4, 0.5) is 26.0 Å². The molecule has 0 saturated heterocycles. The second kappa shape index (κ2) is 9.14. The van der Waals surface area contributed by atoms with Crippen molar-refractivity contribution in [1.82, 2.24) is 14.8 Å². The first-order valence-corrected chi connectivity index (χ1v) is 10.5. The second-order valence-electron chi connectivity index (χ2n) is 8.12. The minimum atomic E-state index is -0.876. The van der Waals surface area contributed by atoms with Crippen LogP contribution in [0, 0.1) is 18.6 Å². The number of rotatable bonds is 7. The number of halogens is 2. The Bertz CT molecular complexity index is 1180. The molecule has 1 amide bonds. The molecule has 1 aliphatic rings. The molecule has 33 heavy (non-hydrogen) atoms. The molecule has 0 spiro atoms. The summed E-state index contributed by atoms with van der Waals surface area (Å²) in [7, 11) is 3.45. The third kappa shape index (κ3) is 4.65. The minimum Gasteiger partial charge on any atom is -0.379 e. The van der Waals surface area contributed by atoms with Crippen molar-refractivity contribution in [3.05, 3.63) is 65.1 Å². The third-order valence-corrected chi connectivity index (χ3v) is 5.80. The Morgan fingerprint density at radius 2 is 2.03 bits per heavy atom. The van der Waals surface area contributed by atoms with E-state index < -0.39 is 17.7 Å². The Kier molecular flexibility index (Phi) is 6.28. The molecule has 10 heteroatoms. The fourth-order valence-corrected chi connectivity index (χ4v) is 3.96. The number of likely N-dealkylation sites (N-methyl/N-ethyl adjacent to an activating group) is 1. The summed E-state index contributed by atoms with van der Waals surface area (Å²) in [6.45, 7) is 4.50. The Hall–Kier alpha value is -3.53. The average molecular weight is 456 g/mol. The third-order valence-electron chi connectivity index (χ3n) is 5.80. The van der Waals surface area contributed by atoms with E-state index in [2.05, 4.69) is 20.7 Å². The number of aryl methyl sites for hydroxylation is 1. The number of nitrogens with zero attached hydrogens (tertiary/aromatic N) is 4. The number of anilines is 3. The van der Waals surface area contributed by atoms with Gasteiger partial charge in [-0.05, 0) is 31.5 Å². The van der Waals surface area contributed by atoms with E-state index in [0.717, 1.165) is 17.3 Å². The van der Waals surface area contributed by atoms with Gasteiger partial charge in [-0.15, -0.1) is 0 Å². The van der Waals surface area contributed by atoms with Crippen molar-refractivity contribution in [2.24, 2.45) is 0 Å². The summed E-state index contributed by atoms with van der Waals surface area (Å²) >= 11 is 0. The maximum atomic E-state index is 13.4. The average Bonchev–Trinajstić information content (AvgIpc) is 3.23. The van der Waals surface area contributed by atoms with Gasteiger partial charge in [-0.1, -0.05) is 6.07 Å². The number of benzene rings is 1. The number of aromatic nitrogens is 3. The van der Waals surface area contributed by atoms with Gasteiger partial charge in [-0.2, -0.15) is 5.10 Å². The summed E-state index contributed by atoms with van der Waals surface area (Å²) in [5.74, 6) is -1.21. The zero-order valence-electron chi connectivity index (χ0n) is 18.9. The molecule has 1 aliphatic heterocycles. The molecule has 2 atom stereocenters. The molecule has 1 unspecified atom stereocenters. The molecular formula is C23H26F2N6O2. The van der Waals surface area contributed by atoms with E-state index in [-0.39, 0.29) is 12.0 Å². The van der Waals surface area contributed by atoms with E-state index in [9.17, 15) is 13.6 Å². The van der Waals surface area contributed by atoms with Crippen LogP contribution in [0.1, 0.15) is 23.7 Å². The smallest absolute Gasteiger partial charge is 0.249 e. The fourth-order valence-electron chi connectivity index (χ4n) is 3.96. The summed E-state index contributed by atoms with van der Waals surface area (Å²) in [5.41, 5.74) is 3.77. The lowest BCUT2D eigenvalue weighted by atomic mass is 10.0. The standard InChI is InChI=1S/C23H26F2N6O2/c1-13-21-19(30(3)22(14(2)33-4)23(32)29-21)8-20(28-13)26-9-16-10-27-31(12-16)11-15-5-6-17(24)18(25)7-15/h5-8,10,12,14,22H,9,11H2,1-4H3,(H,26,28)(H,29,32)/t14-,22?/m1/s1. The number of ether oxygens (including phenoxy) is 1. The van der Waals surface area contributed by atoms with Crippen molar-refractivity contribution in [3.63, 3.8) is 0 Å². The highest BCUT2D eigenvalue weighted by atomic mass is 19.2. The van der Waals surface area contributed by atoms with Gasteiger partial charge in [0.25, 0.3) is 0 Å². The first kappa shape index (κ1) is 22.7. The van der Waals surface area contributed by atoms with Crippen molar-refractivity contribution in [2.45, 2.75) is 39.1 Å². The number of hydrogen-bond acceptors (Lipinski definition) is 6. The Morgan fingerprint density at radius 1 is 1.24 bits per heavy atom. The number of methoxy groups -OCH3 is 1. The molecule has 2 N–H and O–H groups in total. The van der Waals surface area contributed by atoms with Gasteiger partial charge in [0.15, 0.2) is 11.6 Å². The normalized spacial score (nSPS) is 16.4. The summed E-state index contributed by atoms with van der Waals surface area (Å²) in [6.07, 6.45) is 3.26. The van der Waals surface area contributed by atoms with E-state index in [1.807, 2.05) is 38.1 Å². The maximum absolute atomic E-state index is 13.4. The lowest BCUT2D eigenvalue weighted by molar-refractivity contribution is -0.120. The van der Waals surface area contributed by atoms with Crippen LogP contribution in [0.3, 0.4) is 0 Å². The molecule has 4 rings (SSSR count). The molecule has 3 aromatic rings. The summed E-state index contributed by atoms with van der Waals surface area (Å²) in [5, 5.41) is 10.5. The number of carbonyl (C=O) groups excluding carboxylic acids is 1. The van der Waals surface area contributed by atoms with Crippen LogP contribution in [0.5, 0.6) is 0 Å². The van der Waals surface area contributed by atoms with Crippen molar-refractivity contribution in [1.29, 1.82) is 0 Å². The number of carbonyl (C=O) groups is 1. The van der Waals surface area contributed by atoms with Crippen molar-refractivity contribution in [3.8, 4) is 0 Å². The van der Waals surface area contributed by atoms with Gasteiger partial charge >= 0.3 is 0 Å². The molecule has 0 fully saturated rings. The van der Waals surface area contributed by atoms with Crippen LogP contribution in [0.25, 0.3) is 0 Å². The van der Waals surface area contributed by atoms with Crippen molar-refractivity contribution >= 4 is 23.1 Å². The van der Waals surface area contributed by atoms with Gasteiger partial charge in [0.05, 0.1) is 35.9 Å². The lowest BCUT2D eigenvalue weighted by Crippen LogP contribution is -2.52. The van der Waals surface area contributed by atoms with E-state index >= 15 is 0 Å². The van der Waals surface area contributed by atoms with Crippen LogP contribution in [0.2, 0.25) is 0 Å². The highest BCUT2D eigenvalue weighted by molar-refractivity contribution is 6.04. The summed E-state index contributed by atoms with van der Waals surface area (Å²) in [6, 6.07) is 5.25. The molecule has 1 aromatic carbocycles. The summed E-state index contributed by atoms with van der Waals surface area (Å²) < 4.78 is 33.6. The number of amides is 1. The van der Waals surface area contributed by atoms with Crippen LogP contribution in [-0.4, -0.2) is 47.0 Å². The quantitative estimate of drug-likeness (QED) is 0.568. The van der Waals surface area contributed by atoms with Gasteiger partial charge in [0.1, 0.15) is 11.9 Å². The molecule has 3 heterocycles. The Balaban J connectivity index is 1.46. The van der Waals surface area contributed by atoms with Crippen LogP contribution in [-0.2, 0) is 22.6 Å². The fraction of sp³-hybridized carbons (Fsp3) is 0.348. The molecule has 0 radical (unpaired) electrons. The predicted molar refractivity (Wildman–Crippen MR) is 121 cm³/mol. The first-order valence-electron chi connectivity index (χ1n) is 10.5. The first-order chi connectivity index (χ1) is 15.8. The summed E-state index contributed by atoms with van der Waals surface area (Å²) in [4.78, 5) is 19.0. The van der Waals surface area contributed by atoms with Gasteiger partial charge in [-0.25, -0.2) is 13.8 Å². The second-order valence-corrected chi connectivity index (χ2v) is 8.12. The van der Waals surface area contributed by atoms with E-state index in [1.54, 1.807) is 18.0 Å². The van der Waals surface area contributed by atoms with E-state index in [0.29, 0.717) is 35.9 Å². The Labute approximate surface area is 190 Å². The monoisotopic (exact) mass is 456 g/mol. The van der Waals surface area contributed by atoms with Gasteiger partial charge in [0, 0.05) is 38.5 Å². The van der Waals surface area contributed by atoms with Crippen LogP contribution < -0.4 is 15.5 Å². The SMILES string of the molecule is CO[C@H](C)C1C(=O)Nc2c(cc(NCc3cnn(Cc4ccc(F)c(F)c4)c3)nc2C)N1C. The van der Waals surface area contributed by atoms with Gasteiger partial charge in [0.2, 0.25) is 5.91 Å². The van der Waals surface area contributed by atoms with Gasteiger partial charge < -0.3 is 20.3 Å². The molecule has 0 aliphatic carbocycles. The molecule has 0 saturated carbocycles. The van der Waals surface area contributed by atoms with Crippen molar-refractivity contribution < 1.29 is 18.3 Å². The largest absolute Gasteiger partial charge is 0.379 e. The minimum absolute atomic E-state index is 0.126. The van der Waals surface area contributed by atoms with Crippen LogP contribution in [0.15, 0.2) is 36.7 Å². The molecule has 0 bridgehead atoms. The maximum Gasteiger partial charge on any atom is 0.249 e. The molecule has 174 valence electrons. The molecular weight excluding hydrogens is 430 g/mol. The lowest BCUT2D eigenvalue weighted by Gasteiger charge is -2.38. The zero-order valence-corrected chi connectivity index (χ0v) is 18.9. The topological polar surface area (TPSA) is 84.3 Å². The van der Waals surface area contributed by atoms with Crippen LogP contribution >= 0.6 is 0 Å². The number of hydrogen-bond donors (Lipinski definition) is 2. The highest BCUT2D eigenvalue weighted by Crippen LogP contribution is 2.36. The van der Waals surface area contributed by atoms with Crippen molar-refractivity contribution in [2.75, 3.05) is 29.7 Å². The molecule has 2 aromatic heterocycles. The Morgan fingerprint density at radius 3 is 2.76 bits per heavy atom. The predicted octanol–water partition coefficient (Wildman–Crippen LogP) is 3.32. The zero-order chi connectivity index (χ0) is 23.7. The molecule has 8 nitrogen and oxygen atoms in total.